The van der Waals surface area contributed by atoms with E-state index in [0.29, 0.717) is 10.9 Å². The Labute approximate surface area is 160 Å². The van der Waals surface area contributed by atoms with Gasteiger partial charge in [0, 0.05) is 15.1 Å². The maximum absolute atomic E-state index is 12.0. The van der Waals surface area contributed by atoms with E-state index in [1.807, 2.05) is 24.3 Å². The van der Waals surface area contributed by atoms with Crippen LogP contribution in [0.5, 0.6) is 5.75 Å². The molecule has 1 heterocycles. The fourth-order valence-electron chi connectivity index (χ4n) is 1.90. The zero-order chi connectivity index (χ0) is 17.8. The summed E-state index contributed by atoms with van der Waals surface area (Å²) >= 11 is 10.3. The molecule has 1 amide bonds. The van der Waals surface area contributed by atoms with Crippen molar-refractivity contribution in [3.63, 3.8) is 0 Å². The van der Waals surface area contributed by atoms with E-state index in [4.69, 9.17) is 16.0 Å². The number of phenols is 1. The van der Waals surface area contributed by atoms with Crippen molar-refractivity contribution < 1.29 is 14.3 Å². The molecule has 0 fully saturated rings. The summed E-state index contributed by atoms with van der Waals surface area (Å²) in [6, 6.07) is 11.9. The molecular weight excluding hydrogens is 430 g/mol. The summed E-state index contributed by atoms with van der Waals surface area (Å²) in [5, 5.41) is 20.8. The topological polar surface area (TPSA) is 88.2 Å². The van der Waals surface area contributed by atoms with Crippen LogP contribution in [0.4, 0.5) is 5.69 Å². The lowest BCUT2D eigenvalue weighted by Crippen LogP contribution is -2.14. The lowest BCUT2D eigenvalue weighted by Gasteiger charge is -2.06. The zero-order valence-electron chi connectivity index (χ0n) is 12.6. The molecule has 1 aromatic heterocycles. The number of aromatic nitrogens is 2. The lowest BCUT2D eigenvalue weighted by atomic mass is 10.2. The monoisotopic (exact) mass is 439 g/mol. The second-order valence-electron chi connectivity index (χ2n) is 4.88. The standard InChI is InChI=1S/C16H11BrClN3O3S/c17-10-3-1-9(2-4-10)15-20-21-16(24-15)25-8-14(23)19-12-7-11(18)5-6-13(12)22/h1-7,22H,8H2,(H,19,23). The number of amides is 1. The predicted molar refractivity (Wildman–Crippen MR) is 99.9 cm³/mol. The van der Waals surface area contributed by atoms with Crippen LogP contribution in [0.1, 0.15) is 0 Å². The number of halogens is 2. The molecule has 0 aliphatic heterocycles. The highest BCUT2D eigenvalue weighted by Gasteiger charge is 2.12. The number of nitrogens with zero attached hydrogens (tertiary/aromatic N) is 2. The summed E-state index contributed by atoms with van der Waals surface area (Å²) in [4.78, 5) is 12.0. The molecule has 0 aliphatic carbocycles. The minimum atomic E-state index is -0.328. The second kappa shape index (κ2) is 7.90. The Bertz CT molecular complexity index is 902. The number of hydrogen-bond donors (Lipinski definition) is 2. The molecule has 3 aromatic rings. The fourth-order valence-corrected chi connectivity index (χ4v) is 2.90. The van der Waals surface area contributed by atoms with Crippen molar-refractivity contribution in [3.05, 3.63) is 52.0 Å². The highest BCUT2D eigenvalue weighted by molar-refractivity contribution is 9.10. The van der Waals surface area contributed by atoms with Crippen LogP contribution in [-0.4, -0.2) is 27.0 Å². The van der Waals surface area contributed by atoms with Gasteiger partial charge in [0.25, 0.3) is 5.22 Å². The first-order valence-corrected chi connectivity index (χ1v) is 9.17. The van der Waals surface area contributed by atoms with E-state index in [1.54, 1.807) is 0 Å². The first-order valence-electron chi connectivity index (χ1n) is 7.02. The van der Waals surface area contributed by atoms with Gasteiger partial charge in [-0.1, -0.05) is 39.3 Å². The first kappa shape index (κ1) is 17.8. The molecule has 2 aromatic carbocycles. The largest absolute Gasteiger partial charge is 0.506 e. The number of aromatic hydroxyl groups is 1. The average molecular weight is 441 g/mol. The van der Waals surface area contributed by atoms with Crippen LogP contribution in [0.25, 0.3) is 11.5 Å². The smallest absolute Gasteiger partial charge is 0.277 e. The minimum Gasteiger partial charge on any atom is -0.506 e. The van der Waals surface area contributed by atoms with Crippen LogP contribution in [0.3, 0.4) is 0 Å². The van der Waals surface area contributed by atoms with Gasteiger partial charge < -0.3 is 14.8 Å². The molecule has 0 aliphatic rings. The van der Waals surface area contributed by atoms with Gasteiger partial charge in [0.15, 0.2) is 0 Å². The molecule has 3 rings (SSSR count). The van der Waals surface area contributed by atoms with Crippen molar-refractivity contribution in [2.24, 2.45) is 0 Å². The van der Waals surface area contributed by atoms with Crippen molar-refractivity contribution in [2.75, 3.05) is 11.1 Å². The zero-order valence-corrected chi connectivity index (χ0v) is 15.7. The van der Waals surface area contributed by atoms with Gasteiger partial charge in [0.05, 0.1) is 11.4 Å². The number of anilines is 1. The molecule has 0 spiro atoms. The summed E-state index contributed by atoms with van der Waals surface area (Å²) in [6.45, 7) is 0. The molecule has 9 heteroatoms. The SMILES string of the molecule is O=C(CSc1nnc(-c2ccc(Br)cc2)o1)Nc1cc(Cl)ccc1O. The Hall–Kier alpha value is -2.03. The molecule has 128 valence electrons. The van der Waals surface area contributed by atoms with Crippen molar-refractivity contribution in [1.82, 2.24) is 10.2 Å². The molecule has 25 heavy (non-hydrogen) atoms. The van der Waals surface area contributed by atoms with E-state index in [9.17, 15) is 9.90 Å². The van der Waals surface area contributed by atoms with Crippen LogP contribution < -0.4 is 5.32 Å². The van der Waals surface area contributed by atoms with E-state index < -0.39 is 0 Å². The van der Waals surface area contributed by atoms with Gasteiger partial charge in [-0.25, -0.2) is 0 Å². The third-order valence-corrected chi connectivity index (χ3v) is 4.64. The summed E-state index contributed by atoms with van der Waals surface area (Å²) in [5.41, 5.74) is 1.04. The fraction of sp³-hybridized carbons (Fsp3) is 0.0625. The molecule has 6 nitrogen and oxygen atoms in total. The lowest BCUT2D eigenvalue weighted by molar-refractivity contribution is -0.113. The van der Waals surface area contributed by atoms with E-state index in [0.717, 1.165) is 21.8 Å². The van der Waals surface area contributed by atoms with Gasteiger partial charge in [0.1, 0.15) is 5.75 Å². The molecular formula is C16H11BrClN3O3S. The summed E-state index contributed by atoms with van der Waals surface area (Å²) in [6.07, 6.45) is 0. The Balaban J connectivity index is 1.59. The van der Waals surface area contributed by atoms with Crippen LogP contribution in [0, 0.1) is 0 Å². The Kier molecular flexibility index (Phi) is 5.62. The van der Waals surface area contributed by atoms with Crippen molar-refractivity contribution in [2.45, 2.75) is 5.22 Å². The summed E-state index contributed by atoms with van der Waals surface area (Å²) < 4.78 is 6.48. The maximum Gasteiger partial charge on any atom is 0.277 e. The Morgan fingerprint density at radius 1 is 1.24 bits per heavy atom. The maximum atomic E-state index is 12.0. The Morgan fingerprint density at radius 3 is 2.76 bits per heavy atom. The molecule has 0 saturated heterocycles. The normalized spacial score (nSPS) is 10.6. The van der Waals surface area contributed by atoms with Gasteiger partial charge in [-0.2, -0.15) is 0 Å². The summed E-state index contributed by atoms with van der Waals surface area (Å²) in [7, 11) is 0. The molecule has 0 bridgehead atoms. The summed E-state index contributed by atoms with van der Waals surface area (Å²) in [5.74, 6) is 0.0420. The van der Waals surface area contributed by atoms with E-state index >= 15 is 0 Å². The number of thioether (sulfide) groups is 1. The number of phenolic OH excluding ortho intramolecular Hbond substituents is 1. The van der Waals surface area contributed by atoms with E-state index in [-0.39, 0.29) is 28.3 Å². The third-order valence-electron chi connectivity index (χ3n) is 3.06. The van der Waals surface area contributed by atoms with Gasteiger partial charge in [-0.15, -0.1) is 10.2 Å². The van der Waals surface area contributed by atoms with Gasteiger partial charge >= 0.3 is 0 Å². The van der Waals surface area contributed by atoms with Crippen molar-refractivity contribution in [3.8, 4) is 17.2 Å². The van der Waals surface area contributed by atoms with Gasteiger partial charge in [-0.05, 0) is 42.5 Å². The Morgan fingerprint density at radius 2 is 2.00 bits per heavy atom. The molecule has 0 saturated carbocycles. The highest BCUT2D eigenvalue weighted by Crippen LogP contribution is 2.28. The van der Waals surface area contributed by atoms with Crippen molar-refractivity contribution >= 4 is 50.9 Å². The molecule has 0 unspecified atom stereocenters. The molecule has 0 atom stereocenters. The number of benzene rings is 2. The van der Waals surface area contributed by atoms with Crippen LogP contribution in [0.2, 0.25) is 5.02 Å². The van der Waals surface area contributed by atoms with Gasteiger partial charge in [0.2, 0.25) is 11.8 Å². The number of hydrogen-bond acceptors (Lipinski definition) is 6. The van der Waals surface area contributed by atoms with E-state index in [2.05, 4.69) is 31.4 Å². The number of carbonyl (C=O) groups excluding carboxylic acids is 1. The second-order valence-corrected chi connectivity index (χ2v) is 7.16. The quantitative estimate of drug-likeness (QED) is 0.446. The third kappa shape index (κ3) is 4.75. The number of carbonyl (C=O) groups is 1. The first-order chi connectivity index (χ1) is 12.0. The minimum absolute atomic E-state index is 0.0495. The van der Waals surface area contributed by atoms with Crippen LogP contribution in [0.15, 0.2) is 56.6 Å². The molecule has 0 radical (unpaired) electrons. The molecule has 2 N–H and O–H groups in total. The average Bonchev–Trinajstić information content (AvgIpc) is 3.06. The number of rotatable bonds is 5. The van der Waals surface area contributed by atoms with E-state index in [1.165, 1.54) is 18.2 Å². The highest BCUT2D eigenvalue weighted by atomic mass is 79.9. The van der Waals surface area contributed by atoms with Crippen LogP contribution in [-0.2, 0) is 4.79 Å². The predicted octanol–water partition coefficient (Wildman–Crippen LogP) is 4.59. The van der Waals surface area contributed by atoms with Crippen LogP contribution >= 0.6 is 39.3 Å². The van der Waals surface area contributed by atoms with Gasteiger partial charge in [-0.3, -0.25) is 4.79 Å². The van der Waals surface area contributed by atoms with Crippen molar-refractivity contribution in [1.29, 1.82) is 0 Å². The number of nitrogens with one attached hydrogen (secondary N) is 1.